The highest BCUT2D eigenvalue weighted by Gasteiger charge is 2.37. The molecule has 1 fully saturated rings. The molecule has 0 aliphatic carbocycles. The van der Waals surface area contributed by atoms with Crippen molar-refractivity contribution in [2.75, 3.05) is 25.1 Å². The molecule has 17 heteroatoms. The first-order chi connectivity index (χ1) is 22.2. The van der Waals surface area contributed by atoms with Crippen LogP contribution in [0.2, 0.25) is 0 Å². The Hall–Kier alpha value is -4.90. The summed E-state index contributed by atoms with van der Waals surface area (Å²) in [5.74, 6) is -3.32. The number of non-ortho nitro benzene ring substituents is 1. The highest BCUT2D eigenvalue weighted by molar-refractivity contribution is 7.84. The quantitative estimate of drug-likeness (QED) is 0.0911. The number of amides is 5. The second-order valence-corrected chi connectivity index (χ2v) is 12.7. The molecule has 1 aliphatic heterocycles. The molecular formula is C30H39N7O9S. The fourth-order valence-corrected chi connectivity index (χ4v) is 5.63. The minimum atomic E-state index is -1.30. The van der Waals surface area contributed by atoms with E-state index in [2.05, 4.69) is 16.0 Å². The number of nitro benzene ring substituents is 1. The summed E-state index contributed by atoms with van der Waals surface area (Å²) < 4.78 is 11.7. The molecule has 2 aromatic rings. The van der Waals surface area contributed by atoms with Gasteiger partial charge in [-0.25, -0.2) is 0 Å². The fourth-order valence-electron chi connectivity index (χ4n) is 5.06. The van der Waals surface area contributed by atoms with Crippen molar-refractivity contribution in [3.8, 4) is 5.75 Å². The summed E-state index contributed by atoms with van der Waals surface area (Å²) in [5.41, 5.74) is 12.5. The van der Waals surface area contributed by atoms with E-state index in [0.29, 0.717) is 24.0 Å². The minimum Gasteiger partial charge on any atom is -0.508 e. The first-order valence-electron chi connectivity index (χ1n) is 14.8. The van der Waals surface area contributed by atoms with Gasteiger partial charge in [0.25, 0.3) is 5.69 Å². The summed E-state index contributed by atoms with van der Waals surface area (Å²) >= 11 is 0. The van der Waals surface area contributed by atoms with Gasteiger partial charge in [0.1, 0.15) is 23.9 Å². The van der Waals surface area contributed by atoms with Crippen LogP contribution < -0.4 is 27.4 Å². The number of likely N-dealkylation sites (tertiary alicyclic amines) is 1. The molecule has 0 aromatic heterocycles. The van der Waals surface area contributed by atoms with Crippen LogP contribution in [0.1, 0.15) is 30.4 Å². The lowest BCUT2D eigenvalue weighted by atomic mass is 10.0. The van der Waals surface area contributed by atoms with Gasteiger partial charge in [-0.05, 0) is 48.9 Å². The van der Waals surface area contributed by atoms with Crippen molar-refractivity contribution in [1.29, 1.82) is 0 Å². The third kappa shape index (κ3) is 11.1. The van der Waals surface area contributed by atoms with E-state index in [9.17, 15) is 43.4 Å². The van der Waals surface area contributed by atoms with Gasteiger partial charge < -0.3 is 37.4 Å². The summed E-state index contributed by atoms with van der Waals surface area (Å²) in [6.45, 7) is -0.353. The van der Waals surface area contributed by atoms with E-state index < -0.39 is 76.0 Å². The maximum Gasteiger partial charge on any atom is 0.269 e. The zero-order valence-corrected chi connectivity index (χ0v) is 26.6. The molecule has 1 aliphatic rings. The number of aromatic hydroxyl groups is 1. The Morgan fingerprint density at radius 2 is 1.62 bits per heavy atom. The standard InChI is InChI=1S/C30H39N7O9S/c1-47(46)14-12-23(35-28(41)22(31)15-18-6-10-21(38)11-7-18)29(42)33-17-26(39)34-24(16-19-4-8-20(9-5-19)37(44)45)30(43)36-13-2-3-25(36)27(32)40/h4-11,22-25,38H,2-3,12-17,31H2,1H3,(H2,32,40)(H,33,42)(H,34,39)(H,35,41)/t22-,23+,24-,25-,47?/m0/s1. The lowest BCUT2D eigenvalue weighted by Gasteiger charge is -2.28. The van der Waals surface area contributed by atoms with Crippen molar-refractivity contribution in [2.45, 2.75) is 56.3 Å². The third-order valence-corrected chi connectivity index (χ3v) is 8.37. The molecule has 0 bridgehead atoms. The lowest BCUT2D eigenvalue weighted by molar-refractivity contribution is -0.384. The smallest absolute Gasteiger partial charge is 0.269 e. The van der Waals surface area contributed by atoms with Crippen LogP contribution in [0.25, 0.3) is 0 Å². The normalized spacial score (nSPS) is 16.7. The van der Waals surface area contributed by atoms with Crippen molar-refractivity contribution >= 4 is 46.0 Å². The number of hydrogen-bond acceptors (Lipinski definition) is 10. The first-order valence-corrected chi connectivity index (χ1v) is 16.5. The van der Waals surface area contributed by atoms with Gasteiger partial charge in [-0.15, -0.1) is 0 Å². The number of phenols is 1. The maximum atomic E-state index is 13.5. The number of nitro groups is 1. The molecule has 0 saturated carbocycles. The second kappa shape index (κ2) is 17.1. The molecule has 5 atom stereocenters. The fraction of sp³-hybridized carbons (Fsp3) is 0.433. The van der Waals surface area contributed by atoms with E-state index >= 15 is 0 Å². The van der Waals surface area contributed by atoms with Crippen molar-refractivity contribution in [3.63, 3.8) is 0 Å². The first kappa shape index (κ1) is 36.6. The van der Waals surface area contributed by atoms with E-state index in [-0.39, 0.29) is 43.0 Å². The zero-order chi connectivity index (χ0) is 34.7. The van der Waals surface area contributed by atoms with Crippen LogP contribution >= 0.6 is 0 Å². The van der Waals surface area contributed by atoms with Crippen LogP contribution in [-0.4, -0.2) is 97.9 Å². The number of nitrogens with zero attached hydrogens (tertiary/aromatic N) is 2. The van der Waals surface area contributed by atoms with Gasteiger partial charge in [0, 0.05) is 47.9 Å². The average Bonchev–Trinajstić information content (AvgIpc) is 3.53. The van der Waals surface area contributed by atoms with Crippen LogP contribution in [-0.2, 0) is 47.6 Å². The number of primary amides is 1. The number of hydrogen-bond donors (Lipinski definition) is 6. The van der Waals surface area contributed by atoms with Gasteiger partial charge in [-0.3, -0.25) is 38.3 Å². The molecule has 8 N–H and O–H groups in total. The van der Waals surface area contributed by atoms with Crippen molar-refractivity contribution in [1.82, 2.24) is 20.9 Å². The molecule has 1 heterocycles. The molecule has 2 aromatic carbocycles. The van der Waals surface area contributed by atoms with Crippen molar-refractivity contribution < 1.29 is 38.2 Å². The SMILES string of the molecule is CS(=O)CC[C@@H](NC(=O)[C@@H](N)Cc1ccc(O)cc1)C(=O)NCC(=O)N[C@@H](Cc1ccc([N+](=O)[O-])cc1)C(=O)N1CCC[C@H]1C(N)=O. The number of rotatable bonds is 16. The van der Waals surface area contributed by atoms with E-state index in [0.717, 1.165) is 0 Å². The third-order valence-electron chi connectivity index (χ3n) is 7.56. The molecule has 0 spiro atoms. The van der Waals surface area contributed by atoms with Gasteiger partial charge in [-0.2, -0.15) is 0 Å². The number of nitrogens with two attached hydrogens (primary N) is 2. The number of benzene rings is 2. The number of phenolic OH excluding ortho intramolecular Hbond substituents is 1. The van der Waals surface area contributed by atoms with Gasteiger partial charge in [0.2, 0.25) is 29.5 Å². The van der Waals surface area contributed by atoms with Gasteiger partial charge in [0.15, 0.2) is 0 Å². The molecule has 1 unspecified atom stereocenters. The molecule has 1 saturated heterocycles. The largest absolute Gasteiger partial charge is 0.508 e. The average molecular weight is 674 g/mol. The van der Waals surface area contributed by atoms with E-state index in [1.807, 2.05) is 0 Å². The Bertz CT molecular complexity index is 1490. The summed E-state index contributed by atoms with van der Waals surface area (Å²) in [7, 11) is -1.30. The molecule has 0 radical (unpaired) electrons. The van der Waals surface area contributed by atoms with E-state index in [1.165, 1.54) is 47.6 Å². The molecule has 3 rings (SSSR count). The highest BCUT2D eigenvalue weighted by Crippen LogP contribution is 2.20. The number of carbonyl (C=O) groups excluding carboxylic acids is 5. The summed E-state index contributed by atoms with van der Waals surface area (Å²) in [5, 5.41) is 28.0. The number of carbonyl (C=O) groups is 5. The number of nitrogens with one attached hydrogen (secondary N) is 3. The Balaban J connectivity index is 1.68. The molecular weight excluding hydrogens is 634 g/mol. The van der Waals surface area contributed by atoms with Crippen molar-refractivity contribution in [2.24, 2.45) is 11.5 Å². The summed E-state index contributed by atoms with van der Waals surface area (Å²) in [6, 6.07) is 7.22. The second-order valence-electron chi connectivity index (χ2n) is 11.2. The van der Waals surface area contributed by atoms with Gasteiger partial charge in [-0.1, -0.05) is 24.3 Å². The van der Waals surface area contributed by atoms with Crippen LogP contribution in [0, 0.1) is 10.1 Å². The molecule has 16 nitrogen and oxygen atoms in total. The topological polar surface area (TPSA) is 257 Å². The van der Waals surface area contributed by atoms with E-state index in [1.54, 1.807) is 12.1 Å². The Kier molecular flexibility index (Phi) is 13.3. The minimum absolute atomic E-state index is 0.0149. The monoisotopic (exact) mass is 673 g/mol. The Morgan fingerprint density at radius 1 is 1.00 bits per heavy atom. The molecule has 254 valence electrons. The van der Waals surface area contributed by atoms with Crippen molar-refractivity contribution in [3.05, 3.63) is 69.8 Å². The van der Waals surface area contributed by atoms with Crippen LogP contribution in [0.4, 0.5) is 5.69 Å². The summed E-state index contributed by atoms with van der Waals surface area (Å²) in [6.07, 6.45) is 2.36. The maximum absolute atomic E-state index is 13.5. The Labute approximate surface area is 273 Å². The predicted octanol–water partition coefficient (Wildman–Crippen LogP) is -1.26. The van der Waals surface area contributed by atoms with Gasteiger partial charge >= 0.3 is 0 Å². The predicted molar refractivity (Wildman–Crippen MR) is 171 cm³/mol. The van der Waals surface area contributed by atoms with Crippen LogP contribution in [0.15, 0.2) is 48.5 Å². The van der Waals surface area contributed by atoms with Gasteiger partial charge in [0.05, 0.1) is 17.5 Å². The van der Waals surface area contributed by atoms with E-state index in [4.69, 9.17) is 11.5 Å². The van der Waals surface area contributed by atoms with Crippen LogP contribution in [0.5, 0.6) is 5.75 Å². The zero-order valence-electron chi connectivity index (χ0n) is 25.8. The Morgan fingerprint density at radius 3 is 2.21 bits per heavy atom. The van der Waals surface area contributed by atoms with Crippen LogP contribution in [0.3, 0.4) is 0 Å². The summed E-state index contributed by atoms with van der Waals surface area (Å²) in [4.78, 5) is 76.1. The lowest BCUT2D eigenvalue weighted by Crippen LogP contribution is -2.56. The highest BCUT2D eigenvalue weighted by atomic mass is 32.2. The molecule has 5 amide bonds. The molecule has 47 heavy (non-hydrogen) atoms.